The Kier molecular flexibility index (Phi) is 7.20. The molecular formula is C25H35N. The van der Waals surface area contributed by atoms with Crippen LogP contribution in [0.4, 0.5) is 0 Å². The fourth-order valence-electron chi connectivity index (χ4n) is 3.87. The highest BCUT2D eigenvalue weighted by Gasteiger charge is 2.21. The van der Waals surface area contributed by atoms with Gasteiger partial charge in [-0.15, -0.1) is 0 Å². The molecule has 0 unspecified atom stereocenters. The molecule has 1 aromatic carbocycles. The van der Waals surface area contributed by atoms with Crippen LogP contribution in [-0.2, 0) is 6.42 Å². The summed E-state index contributed by atoms with van der Waals surface area (Å²) in [5.41, 5.74) is 12.3. The van der Waals surface area contributed by atoms with Crippen molar-refractivity contribution in [3.63, 3.8) is 0 Å². The quantitative estimate of drug-likeness (QED) is 0.459. The van der Waals surface area contributed by atoms with E-state index in [2.05, 4.69) is 72.7 Å². The standard InChI is InChI=1S/C25H35N/c1-8-10-17(3)14-18(4)20(6)24-16-26-21(7)25(24)23-13-12-22(11-9-2)15-19(23)5/h12-15H,8-11,16H2,1-7H3/b17-14+,20-18-. The normalized spacial score (nSPS) is 16.1. The van der Waals surface area contributed by atoms with Crippen molar-refractivity contribution in [1.29, 1.82) is 0 Å². The lowest BCUT2D eigenvalue weighted by molar-refractivity contribution is 0.903. The average molecular weight is 350 g/mol. The van der Waals surface area contributed by atoms with Gasteiger partial charge < -0.3 is 0 Å². The molecular weight excluding hydrogens is 314 g/mol. The highest BCUT2D eigenvalue weighted by Crippen LogP contribution is 2.34. The van der Waals surface area contributed by atoms with Crippen molar-refractivity contribution in [2.75, 3.05) is 6.54 Å². The summed E-state index contributed by atoms with van der Waals surface area (Å²) in [6.07, 6.45) is 7.07. The zero-order valence-electron chi connectivity index (χ0n) is 17.8. The molecule has 0 radical (unpaired) electrons. The maximum Gasteiger partial charge on any atom is 0.0652 e. The first-order valence-corrected chi connectivity index (χ1v) is 10.1. The Morgan fingerprint density at radius 2 is 1.81 bits per heavy atom. The Labute approximate surface area is 160 Å². The van der Waals surface area contributed by atoms with Crippen LogP contribution >= 0.6 is 0 Å². The minimum Gasteiger partial charge on any atom is -0.285 e. The lowest BCUT2D eigenvalue weighted by Crippen LogP contribution is -2.01. The van der Waals surface area contributed by atoms with Crippen LogP contribution in [0.1, 0.15) is 77.5 Å². The van der Waals surface area contributed by atoms with Crippen LogP contribution < -0.4 is 0 Å². The second kappa shape index (κ2) is 9.16. The minimum absolute atomic E-state index is 0.807. The molecule has 0 aromatic heterocycles. The van der Waals surface area contributed by atoms with Gasteiger partial charge in [0.05, 0.1) is 6.54 Å². The highest BCUT2D eigenvalue weighted by molar-refractivity contribution is 6.26. The van der Waals surface area contributed by atoms with Gasteiger partial charge in [0.25, 0.3) is 0 Å². The molecule has 1 aliphatic heterocycles. The summed E-state index contributed by atoms with van der Waals surface area (Å²) in [4.78, 5) is 4.78. The van der Waals surface area contributed by atoms with Gasteiger partial charge in [0.15, 0.2) is 0 Å². The van der Waals surface area contributed by atoms with E-state index in [9.17, 15) is 0 Å². The molecule has 0 N–H and O–H groups in total. The summed E-state index contributed by atoms with van der Waals surface area (Å²) in [5.74, 6) is 0. The molecule has 140 valence electrons. The number of hydrogen-bond donors (Lipinski definition) is 0. The molecule has 0 bridgehead atoms. The van der Waals surface area contributed by atoms with Crippen molar-refractivity contribution in [3.8, 4) is 0 Å². The highest BCUT2D eigenvalue weighted by atomic mass is 14.8. The van der Waals surface area contributed by atoms with E-state index in [1.54, 1.807) is 0 Å². The van der Waals surface area contributed by atoms with Crippen molar-refractivity contribution in [3.05, 3.63) is 63.3 Å². The van der Waals surface area contributed by atoms with Crippen LogP contribution in [0, 0.1) is 6.92 Å². The molecule has 2 rings (SSSR count). The predicted octanol–water partition coefficient (Wildman–Crippen LogP) is 7.26. The van der Waals surface area contributed by atoms with Gasteiger partial charge in [0.2, 0.25) is 0 Å². The molecule has 0 amide bonds. The molecule has 0 saturated carbocycles. The Hall–Kier alpha value is -1.89. The van der Waals surface area contributed by atoms with Gasteiger partial charge >= 0.3 is 0 Å². The Balaban J connectivity index is 2.50. The van der Waals surface area contributed by atoms with Gasteiger partial charge in [0.1, 0.15) is 0 Å². The topological polar surface area (TPSA) is 12.4 Å². The maximum absolute atomic E-state index is 4.78. The second-order valence-corrected chi connectivity index (χ2v) is 7.70. The van der Waals surface area contributed by atoms with Crippen molar-refractivity contribution in [1.82, 2.24) is 0 Å². The lowest BCUT2D eigenvalue weighted by Gasteiger charge is -2.15. The summed E-state index contributed by atoms with van der Waals surface area (Å²) < 4.78 is 0. The number of allylic oxidation sites excluding steroid dienone is 4. The number of aryl methyl sites for hydroxylation is 2. The molecule has 26 heavy (non-hydrogen) atoms. The number of rotatable bonds is 7. The third-order valence-corrected chi connectivity index (χ3v) is 5.39. The minimum atomic E-state index is 0.807. The van der Waals surface area contributed by atoms with Crippen LogP contribution in [0.25, 0.3) is 5.57 Å². The largest absolute Gasteiger partial charge is 0.285 e. The Morgan fingerprint density at radius 3 is 2.42 bits per heavy atom. The first-order chi connectivity index (χ1) is 12.4. The van der Waals surface area contributed by atoms with E-state index in [0.29, 0.717) is 0 Å². The Bertz CT molecular complexity index is 784. The van der Waals surface area contributed by atoms with Gasteiger partial charge in [-0.1, -0.05) is 56.5 Å². The van der Waals surface area contributed by atoms with E-state index in [0.717, 1.165) is 13.0 Å². The first-order valence-electron chi connectivity index (χ1n) is 10.1. The molecule has 1 nitrogen and oxygen atoms in total. The van der Waals surface area contributed by atoms with E-state index >= 15 is 0 Å². The van der Waals surface area contributed by atoms with Crippen LogP contribution in [0.15, 0.2) is 51.6 Å². The average Bonchev–Trinajstić information content (AvgIpc) is 2.96. The summed E-state index contributed by atoms with van der Waals surface area (Å²) in [6, 6.07) is 6.95. The van der Waals surface area contributed by atoms with Gasteiger partial charge in [-0.3, -0.25) is 4.99 Å². The predicted molar refractivity (Wildman–Crippen MR) is 117 cm³/mol. The third kappa shape index (κ3) is 4.63. The van der Waals surface area contributed by atoms with Crippen LogP contribution in [0.5, 0.6) is 0 Å². The van der Waals surface area contributed by atoms with Crippen molar-refractivity contribution >= 4 is 11.3 Å². The second-order valence-electron chi connectivity index (χ2n) is 7.70. The van der Waals surface area contributed by atoms with Crippen LogP contribution in [-0.4, -0.2) is 12.3 Å². The van der Waals surface area contributed by atoms with E-state index in [1.165, 1.54) is 69.5 Å². The third-order valence-electron chi connectivity index (χ3n) is 5.39. The molecule has 0 fully saturated rings. The molecule has 0 saturated heterocycles. The van der Waals surface area contributed by atoms with E-state index in [-0.39, 0.29) is 0 Å². The zero-order valence-corrected chi connectivity index (χ0v) is 17.8. The summed E-state index contributed by atoms with van der Waals surface area (Å²) in [5, 5.41) is 0. The summed E-state index contributed by atoms with van der Waals surface area (Å²) in [6.45, 7) is 16.4. The molecule has 0 aliphatic carbocycles. The van der Waals surface area contributed by atoms with E-state index in [4.69, 9.17) is 4.99 Å². The number of nitrogens with zero attached hydrogens (tertiary/aromatic N) is 1. The van der Waals surface area contributed by atoms with Crippen LogP contribution in [0.3, 0.4) is 0 Å². The fraction of sp³-hybridized carbons (Fsp3) is 0.480. The van der Waals surface area contributed by atoms with Crippen molar-refractivity contribution < 1.29 is 0 Å². The summed E-state index contributed by atoms with van der Waals surface area (Å²) >= 11 is 0. The Morgan fingerprint density at radius 1 is 1.08 bits per heavy atom. The number of aliphatic imine (C=N–C) groups is 1. The van der Waals surface area contributed by atoms with E-state index in [1.807, 2.05) is 0 Å². The van der Waals surface area contributed by atoms with Crippen molar-refractivity contribution in [2.24, 2.45) is 4.99 Å². The van der Waals surface area contributed by atoms with Gasteiger partial charge in [-0.05, 0) is 80.9 Å². The number of benzene rings is 1. The monoisotopic (exact) mass is 349 g/mol. The maximum atomic E-state index is 4.78. The first kappa shape index (κ1) is 20.4. The fourth-order valence-corrected chi connectivity index (χ4v) is 3.87. The molecule has 1 heteroatoms. The van der Waals surface area contributed by atoms with Crippen LogP contribution in [0.2, 0.25) is 0 Å². The molecule has 1 aromatic rings. The van der Waals surface area contributed by atoms with Gasteiger partial charge in [0, 0.05) is 11.3 Å². The molecule has 1 aliphatic rings. The van der Waals surface area contributed by atoms with Crippen molar-refractivity contribution in [2.45, 2.75) is 74.1 Å². The molecule has 0 atom stereocenters. The van der Waals surface area contributed by atoms with E-state index < -0.39 is 0 Å². The lowest BCUT2D eigenvalue weighted by atomic mass is 9.89. The SMILES string of the molecule is CCC/C(C)=C/C(C)=C(/C)C1=C(c2ccc(CCC)cc2C)C(C)=NC1. The summed E-state index contributed by atoms with van der Waals surface area (Å²) in [7, 11) is 0. The molecule has 1 heterocycles. The van der Waals surface area contributed by atoms with Gasteiger partial charge in [-0.2, -0.15) is 0 Å². The smallest absolute Gasteiger partial charge is 0.0652 e. The molecule has 0 spiro atoms. The zero-order chi connectivity index (χ0) is 19.3. The number of hydrogen-bond acceptors (Lipinski definition) is 1. The van der Waals surface area contributed by atoms with Gasteiger partial charge in [-0.25, -0.2) is 0 Å².